The van der Waals surface area contributed by atoms with Crippen molar-refractivity contribution in [1.29, 1.82) is 0 Å². The molecular weight excluding hydrogens is 403 g/mol. The van der Waals surface area contributed by atoms with E-state index in [-0.39, 0.29) is 17.7 Å². The number of amides is 1. The van der Waals surface area contributed by atoms with E-state index in [0.717, 1.165) is 16.8 Å². The Kier molecular flexibility index (Phi) is 6.42. The van der Waals surface area contributed by atoms with Crippen molar-refractivity contribution in [3.05, 3.63) is 70.0 Å². The number of aromatic nitrogens is 3. The standard InChI is InChI=1S/C19H18Cl2N4OS/c1-12-3-8-16(9-17(12)21)25-11-22-24-19(25)27-10-18(26)23-13(2)14-4-6-15(20)7-5-14/h3-9,11,13H,10H2,1-2H3,(H,23,26). The average molecular weight is 421 g/mol. The Hall–Kier alpha value is -2.02. The molecule has 27 heavy (non-hydrogen) atoms. The van der Waals surface area contributed by atoms with Crippen LogP contribution in [0.1, 0.15) is 24.1 Å². The molecule has 0 aliphatic heterocycles. The molecule has 0 spiro atoms. The molecule has 1 aromatic heterocycles. The van der Waals surface area contributed by atoms with Gasteiger partial charge in [0.2, 0.25) is 5.91 Å². The van der Waals surface area contributed by atoms with E-state index in [1.807, 2.05) is 60.9 Å². The summed E-state index contributed by atoms with van der Waals surface area (Å²) in [6.07, 6.45) is 1.61. The summed E-state index contributed by atoms with van der Waals surface area (Å²) >= 11 is 13.4. The van der Waals surface area contributed by atoms with Crippen LogP contribution in [0.2, 0.25) is 10.0 Å². The lowest BCUT2D eigenvalue weighted by molar-refractivity contribution is -0.119. The predicted molar refractivity (Wildman–Crippen MR) is 110 cm³/mol. The fourth-order valence-corrected chi connectivity index (χ4v) is 3.52. The zero-order valence-corrected chi connectivity index (χ0v) is 17.1. The maximum Gasteiger partial charge on any atom is 0.230 e. The topological polar surface area (TPSA) is 59.8 Å². The molecule has 0 aliphatic rings. The summed E-state index contributed by atoms with van der Waals surface area (Å²) in [6.45, 7) is 3.88. The third kappa shape index (κ3) is 5.03. The molecule has 140 valence electrons. The van der Waals surface area contributed by atoms with E-state index in [1.165, 1.54) is 11.8 Å². The van der Waals surface area contributed by atoms with Gasteiger partial charge in [-0.2, -0.15) is 0 Å². The minimum absolute atomic E-state index is 0.0843. The Labute approximate surface area is 172 Å². The number of hydrogen-bond donors (Lipinski definition) is 1. The van der Waals surface area contributed by atoms with Crippen molar-refractivity contribution < 1.29 is 4.79 Å². The van der Waals surface area contributed by atoms with Crippen LogP contribution in [0, 0.1) is 6.92 Å². The fraction of sp³-hybridized carbons (Fsp3) is 0.211. The highest BCUT2D eigenvalue weighted by atomic mass is 35.5. The van der Waals surface area contributed by atoms with Gasteiger partial charge in [-0.15, -0.1) is 10.2 Å². The summed E-state index contributed by atoms with van der Waals surface area (Å²) in [7, 11) is 0. The molecule has 0 fully saturated rings. The highest BCUT2D eigenvalue weighted by Gasteiger charge is 2.13. The number of hydrogen-bond acceptors (Lipinski definition) is 4. The van der Waals surface area contributed by atoms with E-state index in [0.29, 0.717) is 15.2 Å². The largest absolute Gasteiger partial charge is 0.349 e. The van der Waals surface area contributed by atoms with E-state index in [4.69, 9.17) is 23.2 Å². The molecule has 1 N–H and O–H groups in total. The highest BCUT2D eigenvalue weighted by molar-refractivity contribution is 7.99. The predicted octanol–water partition coefficient (Wildman–Crippen LogP) is 4.85. The van der Waals surface area contributed by atoms with E-state index < -0.39 is 0 Å². The van der Waals surface area contributed by atoms with E-state index >= 15 is 0 Å². The summed E-state index contributed by atoms with van der Waals surface area (Å²) < 4.78 is 1.81. The number of benzene rings is 2. The molecule has 0 saturated heterocycles. The molecule has 0 radical (unpaired) electrons. The average Bonchev–Trinajstić information content (AvgIpc) is 3.11. The normalized spacial score (nSPS) is 12.0. The first-order valence-corrected chi connectivity index (χ1v) is 10.0. The van der Waals surface area contributed by atoms with Crippen molar-refractivity contribution in [2.24, 2.45) is 0 Å². The van der Waals surface area contributed by atoms with Gasteiger partial charge in [0.1, 0.15) is 6.33 Å². The summed E-state index contributed by atoms with van der Waals surface area (Å²) in [5.74, 6) is 0.148. The number of nitrogens with one attached hydrogen (secondary N) is 1. The van der Waals surface area contributed by atoms with Crippen LogP contribution in [-0.2, 0) is 4.79 Å². The van der Waals surface area contributed by atoms with Crippen molar-refractivity contribution >= 4 is 40.9 Å². The second-order valence-corrected chi connectivity index (χ2v) is 7.83. The van der Waals surface area contributed by atoms with E-state index in [2.05, 4.69) is 15.5 Å². The molecule has 1 heterocycles. The third-order valence-electron chi connectivity index (χ3n) is 4.03. The Balaban J connectivity index is 1.62. The van der Waals surface area contributed by atoms with Gasteiger partial charge in [0.05, 0.1) is 17.5 Å². The Morgan fingerprint density at radius 1 is 1.22 bits per heavy atom. The van der Waals surface area contributed by atoms with Gasteiger partial charge >= 0.3 is 0 Å². The highest BCUT2D eigenvalue weighted by Crippen LogP contribution is 2.24. The first-order valence-electron chi connectivity index (χ1n) is 8.28. The molecule has 0 bridgehead atoms. The van der Waals surface area contributed by atoms with Gasteiger partial charge < -0.3 is 5.32 Å². The number of thioether (sulfide) groups is 1. The molecule has 0 saturated carbocycles. The smallest absolute Gasteiger partial charge is 0.230 e. The number of carbonyl (C=O) groups excluding carboxylic acids is 1. The lowest BCUT2D eigenvalue weighted by Gasteiger charge is -2.14. The minimum Gasteiger partial charge on any atom is -0.349 e. The van der Waals surface area contributed by atoms with Crippen molar-refractivity contribution in [3.63, 3.8) is 0 Å². The monoisotopic (exact) mass is 420 g/mol. The second kappa shape index (κ2) is 8.78. The molecule has 1 atom stereocenters. The number of halogens is 2. The van der Waals surface area contributed by atoms with Crippen LogP contribution in [0.15, 0.2) is 53.9 Å². The van der Waals surface area contributed by atoms with Crippen LogP contribution in [0.3, 0.4) is 0 Å². The minimum atomic E-state index is -0.107. The van der Waals surface area contributed by atoms with Crippen molar-refractivity contribution in [2.75, 3.05) is 5.75 Å². The van der Waals surface area contributed by atoms with Gasteiger partial charge in [-0.1, -0.05) is 53.2 Å². The molecule has 5 nitrogen and oxygen atoms in total. The van der Waals surface area contributed by atoms with Gasteiger partial charge in [0.25, 0.3) is 0 Å². The quantitative estimate of drug-likeness (QED) is 0.578. The first-order chi connectivity index (χ1) is 12.9. The summed E-state index contributed by atoms with van der Waals surface area (Å²) in [5.41, 5.74) is 2.85. The maximum absolute atomic E-state index is 12.3. The lowest BCUT2D eigenvalue weighted by Crippen LogP contribution is -2.28. The molecule has 0 aliphatic carbocycles. The van der Waals surface area contributed by atoms with Crippen molar-refractivity contribution in [2.45, 2.75) is 25.0 Å². The van der Waals surface area contributed by atoms with Crippen LogP contribution in [0.25, 0.3) is 5.69 Å². The van der Waals surface area contributed by atoms with Crippen LogP contribution in [0.4, 0.5) is 0 Å². The number of rotatable bonds is 6. The summed E-state index contributed by atoms with van der Waals surface area (Å²) in [6, 6.07) is 13.0. The first kappa shape index (κ1) is 19.7. The van der Waals surface area contributed by atoms with Crippen LogP contribution < -0.4 is 5.32 Å². The lowest BCUT2D eigenvalue weighted by atomic mass is 10.1. The molecule has 3 rings (SSSR count). The number of carbonyl (C=O) groups is 1. The van der Waals surface area contributed by atoms with Crippen LogP contribution in [-0.4, -0.2) is 26.4 Å². The fourth-order valence-electron chi connectivity index (χ4n) is 2.48. The Morgan fingerprint density at radius 3 is 2.67 bits per heavy atom. The Bertz CT molecular complexity index is 943. The molecule has 8 heteroatoms. The number of nitrogens with zero attached hydrogens (tertiary/aromatic N) is 3. The number of aryl methyl sites for hydroxylation is 1. The summed E-state index contributed by atoms with van der Waals surface area (Å²) in [5, 5.41) is 13.0. The molecular formula is C19H18Cl2N4OS. The van der Waals surface area contributed by atoms with Crippen molar-refractivity contribution in [1.82, 2.24) is 20.1 Å². The molecule has 2 aromatic carbocycles. The Morgan fingerprint density at radius 2 is 1.96 bits per heavy atom. The van der Waals surface area contributed by atoms with E-state index in [1.54, 1.807) is 6.33 Å². The van der Waals surface area contributed by atoms with Gasteiger partial charge in [-0.3, -0.25) is 9.36 Å². The van der Waals surface area contributed by atoms with Gasteiger partial charge in [0.15, 0.2) is 5.16 Å². The zero-order valence-electron chi connectivity index (χ0n) is 14.8. The van der Waals surface area contributed by atoms with Crippen LogP contribution >= 0.6 is 35.0 Å². The SMILES string of the molecule is Cc1ccc(-n2cnnc2SCC(=O)NC(C)c2ccc(Cl)cc2)cc1Cl. The zero-order chi connectivity index (χ0) is 19.4. The van der Waals surface area contributed by atoms with Crippen LogP contribution in [0.5, 0.6) is 0 Å². The maximum atomic E-state index is 12.3. The van der Waals surface area contributed by atoms with Gasteiger partial charge in [0, 0.05) is 10.0 Å². The van der Waals surface area contributed by atoms with Gasteiger partial charge in [-0.25, -0.2) is 0 Å². The van der Waals surface area contributed by atoms with Gasteiger partial charge in [-0.05, 0) is 49.2 Å². The second-order valence-electron chi connectivity index (χ2n) is 6.05. The summed E-state index contributed by atoms with van der Waals surface area (Å²) in [4.78, 5) is 12.3. The molecule has 1 unspecified atom stereocenters. The third-order valence-corrected chi connectivity index (χ3v) is 5.63. The van der Waals surface area contributed by atoms with E-state index in [9.17, 15) is 4.79 Å². The molecule has 3 aromatic rings. The molecule has 1 amide bonds. The van der Waals surface area contributed by atoms with Crippen molar-refractivity contribution in [3.8, 4) is 5.69 Å².